The molecule has 3 rings (SSSR count). The maximum absolute atomic E-state index is 12.3. The minimum atomic E-state index is -3.61. The molecule has 0 atom stereocenters. The number of hydrogen-bond acceptors (Lipinski definition) is 4. The molecule has 0 saturated heterocycles. The molecule has 3 aromatic rings. The Morgan fingerprint density at radius 1 is 1.08 bits per heavy atom. The van der Waals surface area contributed by atoms with Gasteiger partial charge in [-0.15, -0.1) is 0 Å². The Balaban J connectivity index is 1.65. The van der Waals surface area contributed by atoms with Crippen molar-refractivity contribution < 1.29 is 12.8 Å². The Hall–Kier alpha value is -1.93. The molecule has 134 valence electrons. The maximum Gasteiger partial charge on any atom is 0.240 e. The number of sulfonamides is 1. The molecule has 1 N–H and O–H groups in total. The Morgan fingerprint density at radius 2 is 1.81 bits per heavy atom. The van der Waals surface area contributed by atoms with Gasteiger partial charge in [-0.1, -0.05) is 39.7 Å². The van der Waals surface area contributed by atoms with E-state index >= 15 is 0 Å². The van der Waals surface area contributed by atoms with E-state index in [1.807, 2.05) is 12.1 Å². The van der Waals surface area contributed by atoms with Gasteiger partial charge in [-0.3, -0.25) is 4.99 Å². The van der Waals surface area contributed by atoms with Crippen molar-refractivity contribution >= 4 is 49.5 Å². The number of benzene rings is 2. The summed E-state index contributed by atoms with van der Waals surface area (Å²) in [6, 6.07) is 17.0. The summed E-state index contributed by atoms with van der Waals surface area (Å²) in [5, 5.41) is 0.540. The molecule has 0 aliphatic heterocycles. The summed E-state index contributed by atoms with van der Waals surface area (Å²) in [7, 11) is -3.61. The first kappa shape index (κ1) is 18.8. The van der Waals surface area contributed by atoms with Crippen LogP contribution in [0.15, 0.2) is 79.4 Å². The number of nitrogens with zero attached hydrogens (tertiary/aromatic N) is 1. The van der Waals surface area contributed by atoms with Crippen LogP contribution in [0.5, 0.6) is 0 Å². The van der Waals surface area contributed by atoms with Crippen LogP contribution in [0.2, 0.25) is 5.02 Å². The lowest BCUT2D eigenvalue weighted by Crippen LogP contribution is -2.22. The van der Waals surface area contributed by atoms with Crippen molar-refractivity contribution in [2.45, 2.75) is 11.4 Å². The van der Waals surface area contributed by atoms with Gasteiger partial charge in [-0.25, -0.2) is 13.1 Å². The van der Waals surface area contributed by atoms with Gasteiger partial charge < -0.3 is 4.42 Å². The first-order valence-electron chi connectivity index (χ1n) is 7.56. The SMILES string of the molecule is O=S(=O)(NCc1ccc(C=Nc2ccccc2Cl)o1)c1ccc(Br)cc1. The molecule has 0 aliphatic carbocycles. The van der Waals surface area contributed by atoms with Crippen molar-refractivity contribution in [3.8, 4) is 0 Å². The summed E-state index contributed by atoms with van der Waals surface area (Å²) in [4.78, 5) is 4.45. The summed E-state index contributed by atoms with van der Waals surface area (Å²) in [6.07, 6.45) is 1.54. The molecule has 1 aromatic heterocycles. The van der Waals surface area contributed by atoms with Gasteiger partial charge in [0, 0.05) is 4.47 Å². The van der Waals surface area contributed by atoms with Crippen LogP contribution in [0.25, 0.3) is 0 Å². The van der Waals surface area contributed by atoms with Crippen molar-refractivity contribution in [3.05, 3.63) is 81.7 Å². The molecule has 0 unspecified atom stereocenters. The van der Waals surface area contributed by atoms with Crippen molar-refractivity contribution in [2.75, 3.05) is 0 Å². The van der Waals surface area contributed by atoms with Crippen LogP contribution in [-0.4, -0.2) is 14.6 Å². The maximum atomic E-state index is 12.3. The molecule has 0 aliphatic rings. The van der Waals surface area contributed by atoms with E-state index in [2.05, 4.69) is 25.6 Å². The van der Waals surface area contributed by atoms with Crippen LogP contribution < -0.4 is 4.72 Å². The van der Waals surface area contributed by atoms with Crippen molar-refractivity contribution in [1.29, 1.82) is 0 Å². The predicted octanol–water partition coefficient (Wildman–Crippen LogP) is 4.92. The smallest absolute Gasteiger partial charge is 0.240 e. The molecular weight excluding hydrogens is 440 g/mol. The monoisotopic (exact) mass is 452 g/mol. The van der Waals surface area contributed by atoms with Crippen LogP contribution in [0, 0.1) is 0 Å². The normalized spacial score (nSPS) is 11.9. The zero-order valence-electron chi connectivity index (χ0n) is 13.4. The van der Waals surface area contributed by atoms with Crippen LogP contribution in [0.1, 0.15) is 11.5 Å². The summed E-state index contributed by atoms with van der Waals surface area (Å²) < 4.78 is 33.4. The topological polar surface area (TPSA) is 71.7 Å². The molecule has 8 heteroatoms. The average Bonchev–Trinajstić information content (AvgIpc) is 3.08. The molecule has 5 nitrogen and oxygen atoms in total. The summed E-state index contributed by atoms with van der Waals surface area (Å²) in [6.45, 7) is 0.0400. The largest absolute Gasteiger partial charge is 0.459 e. The number of halogens is 2. The second-order valence-corrected chi connectivity index (χ2v) is 8.38. The third-order valence-corrected chi connectivity index (χ3v) is 5.69. The van der Waals surface area contributed by atoms with E-state index < -0.39 is 10.0 Å². The van der Waals surface area contributed by atoms with Crippen molar-refractivity contribution in [2.24, 2.45) is 4.99 Å². The highest BCUT2D eigenvalue weighted by Crippen LogP contribution is 2.23. The van der Waals surface area contributed by atoms with Gasteiger partial charge in [-0.05, 0) is 48.5 Å². The van der Waals surface area contributed by atoms with Gasteiger partial charge >= 0.3 is 0 Å². The lowest BCUT2D eigenvalue weighted by atomic mass is 10.3. The van der Waals surface area contributed by atoms with Gasteiger partial charge in [0.2, 0.25) is 10.0 Å². The van der Waals surface area contributed by atoms with Crippen LogP contribution in [-0.2, 0) is 16.6 Å². The van der Waals surface area contributed by atoms with Crippen LogP contribution >= 0.6 is 27.5 Å². The van der Waals surface area contributed by atoms with Gasteiger partial charge in [0.15, 0.2) is 0 Å². The lowest BCUT2D eigenvalue weighted by Gasteiger charge is -2.05. The Kier molecular flexibility index (Phi) is 5.93. The van der Waals surface area contributed by atoms with E-state index in [4.69, 9.17) is 16.0 Å². The van der Waals surface area contributed by atoms with Crippen molar-refractivity contribution in [3.63, 3.8) is 0 Å². The molecule has 0 saturated carbocycles. The van der Waals surface area contributed by atoms with Gasteiger partial charge in [0.05, 0.1) is 28.4 Å². The standard InChI is InChI=1S/C18H14BrClN2O3S/c19-13-5-9-16(10-6-13)26(23,24)22-12-15-8-7-14(25-15)11-21-18-4-2-1-3-17(18)20/h1-11,22H,12H2. The van der Waals surface area contributed by atoms with E-state index in [1.54, 1.807) is 36.4 Å². The van der Waals surface area contributed by atoms with Crippen LogP contribution in [0.3, 0.4) is 0 Å². The van der Waals surface area contributed by atoms with E-state index in [-0.39, 0.29) is 11.4 Å². The zero-order valence-corrected chi connectivity index (χ0v) is 16.6. The second-order valence-electron chi connectivity index (χ2n) is 5.29. The highest BCUT2D eigenvalue weighted by atomic mass is 79.9. The Labute approximate surface area is 164 Å². The Morgan fingerprint density at radius 3 is 2.54 bits per heavy atom. The van der Waals surface area contributed by atoms with E-state index in [0.29, 0.717) is 22.2 Å². The number of nitrogens with one attached hydrogen (secondary N) is 1. The fraction of sp³-hybridized carbons (Fsp3) is 0.0556. The van der Waals surface area contributed by atoms with Gasteiger partial charge in [0.1, 0.15) is 11.5 Å². The third kappa shape index (κ3) is 4.82. The van der Waals surface area contributed by atoms with E-state index in [9.17, 15) is 8.42 Å². The first-order valence-corrected chi connectivity index (χ1v) is 10.2. The third-order valence-electron chi connectivity index (χ3n) is 3.43. The lowest BCUT2D eigenvalue weighted by molar-refractivity contribution is 0.494. The average molecular weight is 454 g/mol. The summed E-state index contributed by atoms with van der Waals surface area (Å²) in [5.41, 5.74) is 0.628. The van der Waals surface area contributed by atoms with Gasteiger partial charge in [0.25, 0.3) is 0 Å². The number of aliphatic imine (C=N–C) groups is 1. The molecule has 0 radical (unpaired) electrons. The molecule has 26 heavy (non-hydrogen) atoms. The molecule has 0 bridgehead atoms. The fourth-order valence-electron chi connectivity index (χ4n) is 2.11. The number of hydrogen-bond donors (Lipinski definition) is 1. The fourth-order valence-corrected chi connectivity index (χ4v) is 3.55. The Bertz CT molecular complexity index is 1030. The summed E-state index contributed by atoms with van der Waals surface area (Å²) in [5.74, 6) is 0.981. The molecule has 0 amide bonds. The molecule has 0 spiro atoms. The minimum Gasteiger partial charge on any atom is -0.459 e. The zero-order chi connectivity index (χ0) is 18.6. The molecule has 0 fully saturated rings. The predicted molar refractivity (Wildman–Crippen MR) is 106 cm³/mol. The number of para-hydroxylation sites is 1. The van der Waals surface area contributed by atoms with Gasteiger partial charge in [-0.2, -0.15) is 0 Å². The molecular formula is C18H14BrClN2O3S. The first-order chi connectivity index (χ1) is 12.4. The van der Waals surface area contributed by atoms with Crippen LogP contribution in [0.4, 0.5) is 5.69 Å². The second kappa shape index (κ2) is 8.18. The molecule has 2 aromatic carbocycles. The highest BCUT2D eigenvalue weighted by molar-refractivity contribution is 9.10. The quantitative estimate of drug-likeness (QED) is 0.538. The van der Waals surface area contributed by atoms with E-state index in [0.717, 1.165) is 4.47 Å². The molecule has 1 heterocycles. The summed E-state index contributed by atoms with van der Waals surface area (Å²) >= 11 is 9.32. The number of rotatable bonds is 6. The van der Waals surface area contributed by atoms with E-state index in [1.165, 1.54) is 18.3 Å². The number of furan rings is 1. The highest BCUT2D eigenvalue weighted by Gasteiger charge is 2.14. The minimum absolute atomic E-state index is 0.0400. The van der Waals surface area contributed by atoms with Crippen molar-refractivity contribution in [1.82, 2.24) is 4.72 Å².